The third-order valence-electron chi connectivity index (χ3n) is 3.66. The molecule has 0 radical (unpaired) electrons. The molecule has 0 aliphatic carbocycles. The lowest BCUT2D eigenvalue weighted by Crippen LogP contribution is -2.02. The summed E-state index contributed by atoms with van der Waals surface area (Å²) in [5, 5.41) is 15.3. The fourth-order valence-electron chi connectivity index (χ4n) is 2.57. The number of para-hydroxylation sites is 2. The summed E-state index contributed by atoms with van der Waals surface area (Å²) in [6, 6.07) is 14.0. The fraction of sp³-hybridized carbons (Fsp3) is 0.125. The van der Waals surface area contributed by atoms with Gasteiger partial charge in [-0.15, -0.1) is 5.10 Å². The molecule has 6 nitrogen and oxygen atoms in total. The third-order valence-corrected chi connectivity index (χ3v) is 3.66. The molecule has 1 N–H and O–H groups in total. The van der Waals surface area contributed by atoms with Crippen LogP contribution in [0.5, 0.6) is 0 Å². The normalized spacial score (nSPS) is 11.2. The van der Waals surface area contributed by atoms with Crippen LogP contribution in [0.4, 0.5) is 11.5 Å². The lowest BCUT2D eigenvalue weighted by atomic mass is 10.1. The predicted octanol–water partition coefficient (Wildman–Crippen LogP) is 3.03. The predicted molar refractivity (Wildman–Crippen MR) is 85.3 cm³/mol. The maximum absolute atomic E-state index is 4.66. The van der Waals surface area contributed by atoms with Crippen molar-refractivity contribution in [2.75, 3.05) is 5.32 Å². The van der Waals surface area contributed by atoms with Gasteiger partial charge in [-0.3, -0.25) is 0 Å². The van der Waals surface area contributed by atoms with Crippen molar-refractivity contribution in [3.8, 4) is 0 Å². The number of hydrogen-bond acceptors (Lipinski definition) is 5. The molecule has 22 heavy (non-hydrogen) atoms. The van der Waals surface area contributed by atoms with Gasteiger partial charge in [-0.25, -0.2) is 4.98 Å². The van der Waals surface area contributed by atoms with Gasteiger partial charge in [0.15, 0.2) is 5.82 Å². The van der Waals surface area contributed by atoms with E-state index >= 15 is 0 Å². The summed E-state index contributed by atoms with van der Waals surface area (Å²) in [6.45, 7) is 4.14. The number of nitrogens with one attached hydrogen (secondary N) is 1. The van der Waals surface area contributed by atoms with Crippen molar-refractivity contribution in [1.29, 1.82) is 0 Å². The number of rotatable bonds is 2. The third kappa shape index (κ3) is 1.96. The Morgan fingerprint density at radius 3 is 2.77 bits per heavy atom. The van der Waals surface area contributed by atoms with E-state index in [1.54, 1.807) is 4.52 Å². The van der Waals surface area contributed by atoms with Gasteiger partial charge in [0, 0.05) is 5.69 Å². The maximum Gasteiger partial charge on any atom is 0.222 e. The molecule has 0 spiro atoms. The Bertz CT molecular complexity index is 988. The number of tetrazole rings is 1. The van der Waals surface area contributed by atoms with Crippen molar-refractivity contribution in [2.24, 2.45) is 0 Å². The molecular weight excluding hydrogens is 276 g/mol. The van der Waals surface area contributed by atoms with Crippen LogP contribution < -0.4 is 5.32 Å². The molecule has 2 aromatic heterocycles. The van der Waals surface area contributed by atoms with E-state index < -0.39 is 0 Å². The maximum atomic E-state index is 4.66. The molecule has 0 aliphatic heterocycles. The highest BCUT2D eigenvalue weighted by atomic mass is 15.5. The molecule has 0 unspecified atom stereocenters. The summed E-state index contributed by atoms with van der Waals surface area (Å²) in [4.78, 5) is 4.66. The summed E-state index contributed by atoms with van der Waals surface area (Å²) < 4.78 is 1.70. The highest BCUT2D eigenvalue weighted by molar-refractivity contribution is 5.83. The summed E-state index contributed by atoms with van der Waals surface area (Å²) in [6.07, 6.45) is 0. The molecule has 2 heterocycles. The lowest BCUT2D eigenvalue weighted by Gasteiger charge is -2.11. The van der Waals surface area contributed by atoms with Gasteiger partial charge in [-0.2, -0.15) is 4.52 Å². The monoisotopic (exact) mass is 290 g/mol. The van der Waals surface area contributed by atoms with Crippen molar-refractivity contribution in [3.63, 3.8) is 0 Å². The number of anilines is 2. The molecule has 2 aromatic carbocycles. The van der Waals surface area contributed by atoms with Gasteiger partial charge in [-0.1, -0.05) is 29.8 Å². The molecule has 108 valence electrons. The van der Waals surface area contributed by atoms with Crippen molar-refractivity contribution >= 4 is 28.2 Å². The van der Waals surface area contributed by atoms with Crippen LogP contribution in [0.25, 0.3) is 16.7 Å². The van der Waals surface area contributed by atoms with Crippen LogP contribution in [0.3, 0.4) is 0 Å². The largest absolute Gasteiger partial charge is 0.337 e. The minimum atomic E-state index is 0.610. The number of nitrogens with zero attached hydrogens (tertiary/aromatic N) is 5. The lowest BCUT2D eigenvalue weighted by molar-refractivity contribution is 0.841. The van der Waals surface area contributed by atoms with Crippen LogP contribution in [0.15, 0.2) is 42.5 Å². The molecule has 0 amide bonds. The van der Waals surface area contributed by atoms with Gasteiger partial charge in [0.05, 0.1) is 11.0 Å². The van der Waals surface area contributed by atoms with E-state index in [0.29, 0.717) is 11.5 Å². The average Bonchev–Trinajstić information content (AvgIpc) is 3.00. The highest BCUT2D eigenvalue weighted by Gasteiger charge is 2.12. The van der Waals surface area contributed by atoms with E-state index in [4.69, 9.17) is 0 Å². The Morgan fingerprint density at radius 1 is 1.05 bits per heavy atom. The first kappa shape index (κ1) is 12.7. The quantitative estimate of drug-likeness (QED) is 0.614. The van der Waals surface area contributed by atoms with Gasteiger partial charge in [0.2, 0.25) is 5.65 Å². The molecule has 4 rings (SSSR count). The number of aryl methyl sites for hydroxylation is 2. The van der Waals surface area contributed by atoms with Crippen LogP contribution in [0, 0.1) is 13.8 Å². The first-order valence-electron chi connectivity index (χ1n) is 7.03. The van der Waals surface area contributed by atoms with Crippen LogP contribution in [0.1, 0.15) is 11.1 Å². The second-order valence-electron chi connectivity index (χ2n) is 5.31. The van der Waals surface area contributed by atoms with E-state index in [-0.39, 0.29) is 0 Å². The zero-order chi connectivity index (χ0) is 15.1. The van der Waals surface area contributed by atoms with E-state index in [0.717, 1.165) is 22.3 Å². The Kier molecular flexibility index (Phi) is 2.75. The fourth-order valence-corrected chi connectivity index (χ4v) is 2.57. The Balaban J connectivity index is 1.91. The zero-order valence-electron chi connectivity index (χ0n) is 12.3. The summed E-state index contributed by atoms with van der Waals surface area (Å²) >= 11 is 0. The van der Waals surface area contributed by atoms with Gasteiger partial charge in [0.1, 0.15) is 0 Å². The minimum absolute atomic E-state index is 0.610. The summed E-state index contributed by atoms with van der Waals surface area (Å²) in [7, 11) is 0. The van der Waals surface area contributed by atoms with E-state index in [9.17, 15) is 0 Å². The van der Waals surface area contributed by atoms with Gasteiger partial charge < -0.3 is 5.32 Å². The first-order chi connectivity index (χ1) is 10.7. The van der Waals surface area contributed by atoms with Crippen molar-refractivity contribution in [2.45, 2.75) is 13.8 Å². The number of benzene rings is 2. The first-order valence-corrected chi connectivity index (χ1v) is 7.03. The highest BCUT2D eigenvalue weighted by Crippen LogP contribution is 2.24. The van der Waals surface area contributed by atoms with E-state index in [1.807, 2.05) is 30.3 Å². The SMILES string of the molecule is Cc1ccc(Nc2nc3ccccc3n3nnnc23)c(C)c1. The van der Waals surface area contributed by atoms with E-state index in [1.165, 1.54) is 5.56 Å². The average molecular weight is 290 g/mol. The van der Waals surface area contributed by atoms with Crippen LogP contribution in [-0.4, -0.2) is 25.0 Å². The molecule has 0 fully saturated rings. The number of hydrogen-bond donors (Lipinski definition) is 1. The zero-order valence-corrected chi connectivity index (χ0v) is 12.3. The standard InChI is InChI=1S/C16H14N6/c1-10-7-8-12(11(2)9-10)17-15-16-19-20-21-22(16)14-6-4-3-5-13(14)18-15/h3-9H,1-2H3,(H,17,18). The Hall–Kier alpha value is -3.02. The molecule has 0 bridgehead atoms. The Labute approximate surface area is 126 Å². The molecular formula is C16H14N6. The van der Waals surface area contributed by atoms with Gasteiger partial charge in [0.25, 0.3) is 0 Å². The van der Waals surface area contributed by atoms with Crippen molar-refractivity contribution < 1.29 is 0 Å². The molecule has 0 saturated carbocycles. The smallest absolute Gasteiger partial charge is 0.222 e. The van der Waals surface area contributed by atoms with Gasteiger partial charge >= 0.3 is 0 Å². The summed E-state index contributed by atoms with van der Waals surface area (Å²) in [5.74, 6) is 0.649. The second kappa shape index (κ2) is 4.77. The van der Waals surface area contributed by atoms with Crippen molar-refractivity contribution in [1.82, 2.24) is 25.0 Å². The summed E-state index contributed by atoms with van der Waals surface area (Å²) in [5.41, 5.74) is 5.71. The molecule has 0 atom stereocenters. The topological polar surface area (TPSA) is 68.0 Å². The van der Waals surface area contributed by atoms with Gasteiger partial charge in [-0.05, 0) is 48.0 Å². The molecule has 6 heteroatoms. The second-order valence-corrected chi connectivity index (χ2v) is 5.31. The van der Waals surface area contributed by atoms with E-state index in [2.05, 4.69) is 51.8 Å². The molecule has 0 saturated heterocycles. The van der Waals surface area contributed by atoms with Crippen molar-refractivity contribution in [3.05, 3.63) is 53.6 Å². The molecule has 0 aliphatic rings. The van der Waals surface area contributed by atoms with Crippen LogP contribution in [-0.2, 0) is 0 Å². The van der Waals surface area contributed by atoms with Crippen LogP contribution >= 0.6 is 0 Å². The number of fused-ring (bicyclic) bond motifs is 3. The number of aromatic nitrogens is 5. The Morgan fingerprint density at radius 2 is 1.91 bits per heavy atom. The van der Waals surface area contributed by atoms with Crippen LogP contribution in [0.2, 0.25) is 0 Å². The molecule has 4 aromatic rings. The minimum Gasteiger partial charge on any atom is -0.337 e.